The minimum absolute atomic E-state index is 0.0207. The summed E-state index contributed by atoms with van der Waals surface area (Å²) in [5.41, 5.74) is 4.96. The van der Waals surface area contributed by atoms with Crippen molar-refractivity contribution in [3.05, 3.63) is 54.1 Å². The van der Waals surface area contributed by atoms with E-state index in [0.29, 0.717) is 17.5 Å². The van der Waals surface area contributed by atoms with E-state index in [4.69, 9.17) is 0 Å². The fraction of sp³-hybridized carbons (Fsp3) is 0.167. The number of fused-ring (bicyclic) bond motifs is 1. The van der Waals surface area contributed by atoms with Crippen LogP contribution in [-0.4, -0.2) is 26.9 Å². The van der Waals surface area contributed by atoms with Crippen LogP contribution in [0.2, 0.25) is 0 Å². The summed E-state index contributed by atoms with van der Waals surface area (Å²) in [7, 11) is 0. The molecule has 0 saturated heterocycles. The van der Waals surface area contributed by atoms with Gasteiger partial charge in [-0.05, 0) is 24.3 Å². The minimum Gasteiger partial charge on any atom is -0.478 e. The van der Waals surface area contributed by atoms with Gasteiger partial charge in [0.15, 0.2) is 5.84 Å². The second-order valence-electron chi connectivity index (χ2n) is 5.86. The normalized spacial score (nSPS) is 12.2. The zero-order valence-corrected chi connectivity index (χ0v) is 14.3. The number of aromatic carboxylic acids is 1. The van der Waals surface area contributed by atoms with Crippen molar-refractivity contribution in [2.45, 2.75) is 13.8 Å². The summed E-state index contributed by atoms with van der Waals surface area (Å²) in [6.45, 7) is 3.84. The molecule has 0 amide bonds. The number of carboxylic acid groups (broad SMARTS) is 1. The van der Waals surface area contributed by atoms with Crippen LogP contribution in [0.15, 0.2) is 63.9 Å². The average molecular weight is 350 g/mol. The molecule has 0 aliphatic heterocycles. The lowest BCUT2D eigenvalue weighted by Gasteiger charge is -2.07. The number of H-pyrrole nitrogens is 1. The van der Waals surface area contributed by atoms with E-state index in [-0.39, 0.29) is 11.5 Å². The molecule has 0 spiro atoms. The van der Waals surface area contributed by atoms with Crippen LogP contribution in [-0.2, 0) is 0 Å². The molecule has 2 aromatic carbocycles. The van der Waals surface area contributed by atoms with Crippen molar-refractivity contribution in [2.75, 3.05) is 5.43 Å². The van der Waals surface area contributed by atoms with Crippen molar-refractivity contribution in [3.8, 4) is 0 Å². The van der Waals surface area contributed by atoms with Crippen molar-refractivity contribution in [1.29, 1.82) is 0 Å². The highest BCUT2D eigenvalue weighted by Gasteiger charge is 2.10. The number of aromatic nitrogens is 2. The Kier molecular flexibility index (Phi) is 5.02. The van der Waals surface area contributed by atoms with Gasteiger partial charge in [-0.2, -0.15) is 5.10 Å². The van der Waals surface area contributed by atoms with Gasteiger partial charge in [0, 0.05) is 5.92 Å². The van der Waals surface area contributed by atoms with E-state index >= 15 is 0 Å². The zero-order valence-electron chi connectivity index (χ0n) is 14.3. The summed E-state index contributed by atoms with van der Waals surface area (Å²) >= 11 is 0. The van der Waals surface area contributed by atoms with Crippen LogP contribution in [0.1, 0.15) is 24.2 Å². The molecular formula is C18H18N6O2. The Hall–Kier alpha value is -3.55. The average Bonchev–Trinajstić information content (AvgIpc) is 3.04. The van der Waals surface area contributed by atoms with Crippen molar-refractivity contribution < 1.29 is 9.90 Å². The number of anilines is 1. The van der Waals surface area contributed by atoms with Gasteiger partial charge in [0.25, 0.3) is 0 Å². The van der Waals surface area contributed by atoms with Gasteiger partial charge < -0.3 is 10.1 Å². The number of imidazole rings is 1. The molecule has 1 heterocycles. The number of benzene rings is 2. The van der Waals surface area contributed by atoms with E-state index in [1.807, 2.05) is 38.1 Å². The summed E-state index contributed by atoms with van der Waals surface area (Å²) in [5.74, 6) is -0.248. The maximum atomic E-state index is 11.3. The van der Waals surface area contributed by atoms with Gasteiger partial charge in [-0.25, -0.2) is 9.78 Å². The molecule has 132 valence electrons. The predicted molar refractivity (Wildman–Crippen MR) is 99.9 cm³/mol. The van der Waals surface area contributed by atoms with Crippen molar-refractivity contribution in [1.82, 2.24) is 9.97 Å². The maximum Gasteiger partial charge on any atom is 0.337 e. The first kappa shape index (κ1) is 17.3. The monoisotopic (exact) mass is 350 g/mol. The summed E-state index contributed by atoms with van der Waals surface area (Å²) in [4.78, 5) is 18.6. The number of rotatable bonds is 5. The van der Waals surface area contributed by atoms with E-state index in [1.54, 1.807) is 18.2 Å². The van der Waals surface area contributed by atoms with Crippen LogP contribution in [0, 0.1) is 5.92 Å². The Balaban J connectivity index is 1.83. The zero-order chi connectivity index (χ0) is 18.5. The van der Waals surface area contributed by atoms with Gasteiger partial charge in [0.2, 0.25) is 5.95 Å². The Bertz CT molecular complexity index is 957. The van der Waals surface area contributed by atoms with E-state index in [9.17, 15) is 9.90 Å². The second-order valence-corrected chi connectivity index (χ2v) is 5.86. The molecule has 0 bridgehead atoms. The van der Waals surface area contributed by atoms with Crippen LogP contribution in [0.25, 0.3) is 11.0 Å². The number of hydrazone groups is 1. The molecule has 3 rings (SSSR count). The lowest BCUT2D eigenvalue weighted by Crippen LogP contribution is -2.08. The topological polar surface area (TPSA) is 115 Å². The third kappa shape index (κ3) is 3.92. The highest BCUT2D eigenvalue weighted by atomic mass is 16.4. The first-order valence-corrected chi connectivity index (χ1v) is 8.07. The number of hydrogen-bond donors (Lipinski definition) is 3. The minimum atomic E-state index is -1.03. The molecule has 0 radical (unpaired) electrons. The van der Waals surface area contributed by atoms with Crippen LogP contribution < -0.4 is 5.43 Å². The molecule has 0 unspecified atom stereocenters. The van der Waals surface area contributed by atoms with Gasteiger partial charge in [0.05, 0.1) is 22.3 Å². The number of amidine groups is 1. The Morgan fingerprint density at radius 2 is 1.88 bits per heavy atom. The highest BCUT2D eigenvalue weighted by Crippen LogP contribution is 2.17. The molecule has 3 aromatic rings. The molecule has 0 aliphatic carbocycles. The number of hydrogen-bond acceptors (Lipinski definition) is 5. The van der Waals surface area contributed by atoms with Gasteiger partial charge in [-0.15, -0.1) is 10.2 Å². The molecule has 0 fully saturated rings. The molecule has 0 atom stereocenters. The lowest BCUT2D eigenvalue weighted by molar-refractivity contribution is 0.0698. The number of nitrogens with one attached hydrogen (secondary N) is 2. The summed E-state index contributed by atoms with van der Waals surface area (Å²) in [6, 6.07) is 14.1. The van der Waals surface area contributed by atoms with Gasteiger partial charge in [-0.3, -0.25) is 5.43 Å². The molecule has 1 aromatic heterocycles. The number of nitrogens with zero attached hydrogens (tertiary/aromatic N) is 4. The molecular weight excluding hydrogens is 332 g/mol. The van der Waals surface area contributed by atoms with Gasteiger partial charge in [0.1, 0.15) is 0 Å². The van der Waals surface area contributed by atoms with Crippen molar-refractivity contribution >= 4 is 34.5 Å². The maximum absolute atomic E-state index is 11.3. The van der Waals surface area contributed by atoms with Crippen LogP contribution in [0.4, 0.5) is 11.6 Å². The first-order valence-electron chi connectivity index (χ1n) is 8.07. The highest BCUT2D eigenvalue weighted by molar-refractivity contribution is 5.94. The fourth-order valence-electron chi connectivity index (χ4n) is 2.24. The number of azo groups is 1. The second kappa shape index (κ2) is 7.56. The molecule has 3 N–H and O–H groups in total. The number of carboxylic acids is 1. The van der Waals surface area contributed by atoms with Gasteiger partial charge >= 0.3 is 5.97 Å². The predicted octanol–water partition coefficient (Wildman–Crippen LogP) is 4.43. The third-order valence-electron chi connectivity index (χ3n) is 3.59. The van der Waals surface area contributed by atoms with E-state index < -0.39 is 5.97 Å². The van der Waals surface area contributed by atoms with Crippen LogP contribution in [0.5, 0.6) is 0 Å². The third-order valence-corrected chi connectivity index (χ3v) is 3.59. The Labute approximate surface area is 149 Å². The Morgan fingerprint density at radius 3 is 2.62 bits per heavy atom. The van der Waals surface area contributed by atoms with Crippen LogP contribution >= 0.6 is 0 Å². The van der Waals surface area contributed by atoms with Crippen molar-refractivity contribution in [3.63, 3.8) is 0 Å². The largest absolute Gasteiger partial charge is 0.478 e. The first-order chi connectivity index (χ1) is 12.5. The van der Waals surface area contributed by atoms with Crippen molar-refractivity contribution in [2.24, 2.45) is 21.2 Å². The molecule has 0 saturated carbocycles. The lowest BCUT2D eigenvalue weighted by atomic mass is 10.2. The molecule has 8 nitrogen and oxygen atoms in total. The summed E-state index contributed by atoms with van der Waals surface area (Å²) in [6.07, 6.45) is 0. The summed E-state index contributed by atoms with van der Waals surface area (Å²) in [5, 5.41) is 21.7. The van der Waals surface area contributed by atoms with E-state index in [2.05, 4.69) is 30.7 Å². The van der Waals surface area contributed by atoms with E-state index in [1.165, 1.54) is 6.07 Å². The number of aromatic amines is 1. The molecule has 26 heavy (non-hydrogen) atoms. The standard InChI is InChI=1S/C18H18N6O2/c1-11(2)16(22-21-13-8-4-3-7-12(13)17(25)26)23-24-18-19-14-9-5-6-10-15(14)20-18/h3-11,21H,1-2H3,(H,19,20)(H,25,26)/b22-16+,24-23?. The number of carbonyl (C=O) groups is 1. The van der Waals surface area contributed by atoms with E-state index in [0.717, 1.165) is 11.0 Å². The molecule has 0 aliphatic rings. The summed E-state index contributed by atoms with van der Waals surface area (Å²) < 4.78 is 0. The van der Waals surface area contributed by atoms with Crippen LogP contribution in [0.3, 0.4) is 0 Å². The quantitative estimate of drug-likeness (QED) is 0.273. The van der Waals surface area contributed by atoms with Gasteiger partial charge in [-0.1, -0.05) is 38.1 Å². The molecule has 8 heteroatoms. The SMILES string of the molecule is CC(C)/C(N=Nc1nc2ccccc2[nH]1)=N\Nc1ccccc1C(=O)O. The fourth-order valence-corrected chi connectivity index (χ4v) is 2.24. The Morgan fingerprint density at radius 1 is 1.15 bits per heavy atom. The number of para-hydroxylation sites is 3. The smallest absolute Gasteiger partial charge is 0.337 e.